The van der Waals surface area contributed by atoms with Crippen molar-refractivity contribution in [1.82, 2.24) is 9.97 Å². The van der Waals surface area contributed by atoms with Gasteiger partial charge in [0.15, 0.2) is 5.16 Å². The Labute approximate surface area is 108 Å². The minimum absolute atomic E-state index is 0.0887. The third-order valence-electron chi connectivity index (χ3n) is 2.29. The van der Waals surface area contributed by atoms with E-state index < -0.39 is 5.82 Å². The Balaban J connectivity index is 2.50. The SMILES string of the molecule is CSc1nccc(/C(=N\O)c2ccccc2F)n1. The molecule has 0 atom stereocenters. The fraction of sp³-hybridized carbons (Fsp3) is 0.0833. The highest BCUT2D eigenvalue weighted by Gasteiger charge is 2.14. The topological polar surface area (TPSA) is 58.4 Å². The molecular weight excluding hydrogens is 253 g/mol. The zero-order chi connectivity index (χ0) is 13.0. The second kappa shape index (κ2) is 5.59. The van der Waals surface area contributed by atoms with E-state index in [1.807, 2.05) is 6.26 Å². The van der Waals surface area contributed by atoms with E-state index in [0.29, 0.717) is 10.9 Å². The van der Waals surface area contributed by atoms with Gasteiger partial charge in [-0.1, -0.05) is 29.1 Å². The maximum Gasteiger partial charge on any atom is 0.187 e. The summed E-state index contributed by atoms with van der Waals surface area (Å²) in [5.41, 5.74) is 0.665. The lowest BCUT2D eigenvalue weighted by atomic mass is 10.1. The van der Waals surface area contributed by atoms with Gasteiger partial charge in [-0.2, -0.15) is 0 Å². The molecule has 0 bridgehead atoms. The first-order valence-corrected chi connectivity index (χ1v) is 6.33. The van der Waals surface area contributed by atoms with Crippen molar-refractivity contribution in [3.05, 3.63) is 53.6 Å². The molecule has 18 heavy (non-hydrogen) atoms. The van der Waals surface area contributed by atoms with Crippen LogP contribution in [0, 0.1) is 5.82 Å². The van der Waals surface area contributed by atoms with Crippen molar-refractivity contribution in [2.24, 2.45) is 5.16 Å². The number of aromatic nitrogens is 2. The normalized spacial score (nSPS) is 11.6. The highest BCUT2D eigenvalue weighted by atomic mass is 32.2. The highest BCUT2D eigenvalue weighted by Crippen LogP contribution is 2.15. The molecule has 92 valence electrons. The molecule has 0 saturated heterocycles. The van der Waals surface area contributed by atoms with Gasteiger partial charge in [-0.3, -0.25) is 0 Å². The molecule has 1 aromatic heterocycles. The number of rotatable bonds is 3. The summed E-state index contributed by atoms with van der Waals surface area (Å²) in [6.07, 6.45) is 3.37. The average molecular weight is 263 g/mol. The smallest absolute Gasteiger partial charge is 0.187 e. The van der Waals surface area contributed by atoms with Gasteiger partial charge in [0.05, 0.1) is 5.69 Å². The molecule has 2 rings (SSSR count). The maximum atomic E-state index is 13.7. The Bertz CT molecular complexity index is 589. The van der Waals surface area contributed by atoms with Crippen LogP contribution >= 0.6 is 11.8 Å². The minimum Gasteiger partial charge on any atom is -0.410 e. The standard InChI is InChI=1S/C12H10FN3OS/c1-18-12-14-7-6-10(15-12)11(16-17)8-4-2-3-5-9(8)13/h2-7,17H,1H3/b16-11-. The van der Waals surface area contributed by atoms with E-state index in [1.54, 1.807) is 24.4 Å². The zero-order valence-electron chi connectivity index (χ0n) is 9.54. The average Bonchev–Trinajstić information content (AvgIpc) is 2.42. The molecule has 0 aliphatic heterocycles. The summed E-state index contributed by atoms with van der Waals surface area (Å²) in [5, 5.41) is 12.7. The Morgan fingerprint density at radius 3 is 2.78 bits per heavy atom. The van der Waals surface area contributed by atoms with Crippen molar-refractivity contribution >= 4 is 17.5 Å². The van der Waals surface area contributed by atoms with Crippen molar-refractivity contribution < 1.29 is 9.60 Å². The fourth-order valence-corrected chi connectivity index (χ4v) is 1.82. The van der Waals surface area contributed by atoms with E-state index in [2.05, 4.69) is 15.1 Å². The Morgan fingerprint density at radius 1 is 1.33 bits per heavy atom. The molecule has 0 radical (unpaired) electrons. The van der Waals surface area contributed by atoms with Crippen LogP contribution in [0.15, 0.2) is 46.8 Å². The van der Waals surface area contributed by atoms with E-state index in [-0.39, 0.29) is 11.3 Å². The Hall–Kier alpha value is -1.95. The van der Waals surface area contributed by atoms with Crippen LogP contribution in [0.2, 0.25) is 0 Å². The van der Waals surface area contributed by atoms with E-state index in [1.165, 1.54) is 23.9 Å². The third kappa shape index (κ3) is 2.48. The molecule has 0 aliphatic carbocycles. The summed E-state index contributed by atoms with van der Waals surface area (Å²) in [7, 11) is 0. The van der Waals surface area contributed by atoms with E-state index in [9.17, 15) is 4.39 Å². The van der Waals surface area contributed by atoms with E-state index >= 15 is 0 Å². The second-order valence-corrected chi connectivity index (χ2v) is 4.13. The molecule has 0 amide bonds. The molecular formula is C12H10FN3OS. The fourth-order valence-electron chi connectivity index (χ4n) is 1.47. The van der Waals surface area contributed by atoms with Gasteiger partial charge in [-0.25, -0.2) is 14.4 Å². The molecule has 0 spiro atoms. The number of oxime groups is 1. The van der Waals surface area contributed by atoms with Crippen molar-refractivity contribution in [1.29, 1.82) is 0 Å². The molecule has 1 heterocycles. The molecule has 6 heteroatoms. The van der Waals surface area contributed by atoms with Gasteiger partial charge in [0.1, 0.15) is 11.5 Å². The highest BCUT2D eigenvalue weighted by molar-refractivity contribution is 7.98. The first-order valence-electron chi connectivity index (χ1n) is 5.10. The number of benzene rings is 1. The molecule has 0 unspecified atom stereocenters. The van der Waals surface area contributed by atoms with Crippen molar-refractivity contribution in [2.45, 2.75) is 5.16 Å². The van der Waals surface area contributed by atoms with Crippen molar-refractivity contribution in [3.63, 3.8) is 0 Å². The van der Waals surface area contributed by atoms with Gasteiger partial charge in [0.2, 0.25) is 0 Å². The van der Waals surface area contributed by atoms with Gasteiger partial charge in [-0.15, -0.1) is 0 Å². The minimum atomic E-state index is -0.463. The second-order valence-electron chi connectivity index (χ2n) is 3.36. The first-order chi connectivity index (χ1) is 8.76. The maximum absolute atomic E-state index is 13.7. The summed E-state index contributed by atoms with van der Waals surface area (Å²) in [4.78, 5) is 8.19. The Morgan fingerprint density at radius 2 is 2.11 bits per heavy atom. The predicted molar refractivity (Wildman–Crippen MR) is 67.6 cm³/mol. The lowest BCUT2D eigenvalue weighted by Crippen LogP contribution is -2.09. The van der Waals surface area contributed by atoms with Gasteiger partial charge >= 0.3 is 0 Å². The lowest BCUT2D eigenvalue weighted by Gasteiger charge is -2.05. The first kappa shape index (κ1) is 12.5. The van der Waals surface area contributed by atoms with Gasteiger partial charge in [-0.05, 0) is 24.5 Å². The molecule has 1 aromatic carbocycles. The van der Waals surface area contributed by atoms with Crippen molar-refractivity contribution in [3.8, 4) is 0 Å². The number of thioether (sulfide) groups is 1. The number of nitrogens with zero attached hydrogens (tertiary/aromatic N) is 3. The van der Waals surface area contributed by atoms with Crippen LogP contribution < -0.4 is 0 Å². The zero-order valence-corrected chi connectivity index (χ0v) is 10.4. The number of hydrogen-bond acceptors (Lipinski definition) is 5. The van der Waals surface area contributed by atoms with E-state index in [0.717, 1.165) is 0 Å². The largest absolute Gasteiger partial charge is 0.410 e. The molecule has 0 saturated carbocycles. The molecule has 2 aromatic rings. The van der Waals surface area contributed by atoms with Crippen LogP contribution in [0.3, 0.4) is 0 Å². The third-order valence-corrected chi connectivity index (χ3v) is 2.85. The molecule has 0 aliphatic rings. The molecule has 4 nitrogen and oxygen atoms in total. The molecule has 0 fully saturated rings. The number of hydrogen-bond donors (Lipinski definition) is 1. The van der Waals surface area contributed by atoms with Crippen LogP contribution in [0.4, 0.5) is 4.39 Å². The van der Waals surface area contributed by atoms with E-state index in [4.69, 9.17) is 5.21 Å². The van der Waals surface area contributed by atoms with Crippen LogP contribution in [0.25, 0.3) is 0 Å². The van der Waals surface area contributed by atoms with Crippen LogP contribution in [-0.2, 0) is 0 Å². The Kier molecular flexibility index (Phi) is 3.88. The summed E-state index contributed by atoms with van der Waals surface area (Å²) < 4.78 is 13.7. The summed E-state index contributed by atoms with van der Waals surface area (Å²) in [6.45, 7) is 0. The predicted octanol–water partition coefficient (Wildman–Crippen LogP) is 2.56. The summed E-state index contributed by atoms with van der Waals surface area (Å²) in [5.74, 6) is -0.463. The lowest BCUT2D eigenvalue weighted by molar-refractivity contribution is 0.319. The van der Waals surface area contributed by atoms with Crippen LogP contribution in [-0.4, -0.2) is 27.1 Å². The van der Waals surface area contributed by atoms with Gasteiger partial charge in [0.25, 0.3) is 0 Å². The summed E-state index contributed by atoms with van der Waals surface area (Å²) in [6, 6.07) is 7.64. The van der Waals surface area contributed by atoms with Gasteiger partial charge in [0, 0.05) is 11.8 Å². The van der Waals surface area contributed by atoms with Crippen LogP contribution in [0.1, 0.15) is 11.3 Å². The van der Waals surface area contributed by atoms with Crippen molar-refractivity contribution in [2.75, 3.05) is 6.26 Å². The summed E-state index contributed by atoms with van der Waals surface area (Å²) >= 11 is 1.36. The van der Waals surface area contributed by atoms with Gasteiger partial charge < -0.3 is 5.21 Å². The number of halogens is 1. The monoisotopic (exact) mass is 263 g/mol. The van der Waals surface area contributed by atoms with Crippen LogP contribution in [0.5, 0.6) is 0 Å². The quantitative estimate of drug-likeness (QED) is 0.304. The molecule has 1 N–H and O–H groups in total.